The zero-order valence-corrected chi connectivity index (χ0v) is 6.85. The first-order valence-electron chi connectivity index (χ1n) is 3.08. The van der Waals surface area contributed by atoms with Crippen molar-refractivity contribution in [2.24, 2.45) is 0 Å². The van der Waals surface area contributed by atoms with Gasteiger partial charge in [0.25, 0.3) is 0 Å². The Bertz CT molecular complexity index is 308. The molecule has 1 heterocycles. The summed E-state index contributed by atoms with van der Waals surface area (Å²) >= 11 is 0.988. The molecule has 0 aromatic carbocycles. The number of allylic oxidation sites excluding steroid dienone is 1. The van der Waals surface area contributed by atoms with Gasteiger partial charge in [0.1, 0.15) is 0 Å². The van der Waals surface area contributed by atoms with E-state index >= 15 is 0 Å². The number of alkyl halides is 3. The molecule has 0 radical (unpaired) electrons. The van der Waals surface area contributed by atoms with Gasteiger partial charge in [-0.15, -0.1) is 0 Å². The molecule has 0 nitrogen and oxygen atoms in total. The molecule has 0 saturated carbocycles. The van der Waals surface area contributed by atoms with Crippen LogP contribution < -0.4 is 0 Å². The van der Waals surface area contributed by atoms with Gasteiger partial charge in [-0.1, -0.05) is 0 Å². The SMILES string of the molecule is FC(=C(F)C(F)(F)F)c1ccsc1. The number of hydrogen-bond donors (Lipinski definition) is 0. The van der Waals surface area contributed by atoms with Gasteiger partial charge in [0.15, 0.2) is 5.83 Å². The Balaban J connectivity index is 3.07. The van der Waals surface area contributed by atoms with Gasteiger partial charge in [0, 0.05) is 10.9 Å². The van der Waals surface area contributed by atoms with Gasteiger partial charge in [-0.3, -0.25) is 0 Å². The van der Waals surface area contributed by atoms with E-state index in [2.05, 4.69) is 0 Å². The van der Waals surface area contributed by atoms with Gasteiger partial charge >= 0.3 is 6.18 Å². The lowest BCUT2D eigenvalue weighted by molar-refractivity contribution is -0.108. The summed E-state index contributed by atoms with van der Waals surface area (Å²) in [5.74, 6) is -4.56. The van der Waals surface area contributed by atoms with Gasteiger partial charge < -0.3 is 0 Å². The van der Waals surface area contributed by atoms with E-state index in [0.29, 0.717) is 0 Å². The molecule has 0 amide bonds. The summed E-state index contributed by atoms with van der Waals surface area (Å²) in [6.45, 7) is 0. The van der Waals surface area contributed by atoms with Crippen LogP contribution in [0.1, 0.15) is 5.56 Å². The Morgan fingerprint density at radius 1 is 1.23 bits per heavy atom. The van der Waals surface area contributed by atoms with Gasteiger partial charge in [-0.05, 0) is 11.4 Å². The Morgan fingerprint density at radius 3 is 2.23 bits per heavy atom. The van der Waals surface area contributed by atoms with E-state index in [1.165, 1.54) is 5.38 Å². The summed E-state index contributed by atoms with van der Waals surface area (Å²) in [4.78, 5) is 0. The standard InChI is InChI=1S/C7H3F5S/c8-5(4-1-2-13-3-4)6(9)7(10,11)12/h1-3H. The average Bonchev–Trinajstić information content (AvgIpc) is 2.51. The van der Waals surface area contributed by atoms with Gasteiger partial charge in [0.05, 0.1) is 0 Å². The van der Waals surface area contributed by atoms with E-state index in [1.54, 1.807) is 0 Å². The van der Waals surface area contributed by atoms with E-state index in [-0.39, 0.29) is 5.56 Å². The normalized spacial score (nSPS) is 14.2. The Morgan fingerprint density at radius 2 is 1.85 bits per heavy atom. The third-order valence-corrected chi connectivity index (χ3v) is 1.90. The lowest BCUT2D eigenvalue weighted by Gasteiger charge is -2.03. The van der Waals surface area contributed by atoms with Crippen molar-refractivity contribution in [1.29, 1.82) is 0 Å². The first-order valence-corrected chi connectivity index (χ1v) is 4.02. The van der Waals surface area contributed by atoms with Gasteiger partial charge in [0.2, 0.25) is 5.83 Å². The quantitative estimate of drug-likeness (QED) is 0.621. The van der Waals surface area contributed by atoms with E-state index < -0.39 is 17.8 Å². The summed E-state index contributed by atoms with van der Waals surface area (Å²) in [5.41, 5.74) is -0.389. The molecule has 0 aliphatic rings. The zero-order chi connectivity index (χ0) is 10.1. The number of halogens is 5. The van der Waals surface area contributed by atoms with Crippen LogP contribution in [0.4, 0.5) is 22.0 Å². The highest BCUT2D eigenvalue weighted by molar-refractivity contribution is 7.08. The number of thiophene rings is 1. The molecular formula is C7H3F5S. The third kappa shape index (κ3) is 2.27. The van der Waals surface area contributed by atoms with Crippen LogP contribution in [-0.4, -0.2) is 6.18 Å². The van der Waals surface area contributed by atoms with Crippen LogP contribution in [0.3, 0.4) is 0 Å². The van der Waals surface area contributed by atoms with Crippen LogP contribution in [0, 0.1) is 0 Å². The zero-order valence-electron chi connectivity index (χ0n) is 6.03. The summed E-state index contributed by atoms with van der Waals surface area (Å²) in [6.07, 6.45) is -5.26. The van der Waals surface area contributed by atoms with Crippen LogP contribution in [0.25, 0.3) is 5.83 Å². The molecule has 72 valence electrons. The molecule has 0 atom stereocenters. The predicted molar refractivity (Wildman–Crippen MR) is 39.5 cm³/mol. The molecule has 0 unspecified atom stereocenters. The lowest BCUT2D eigenvalue weighted by Crippen LogP contribution is -2.08. The maximum Gasteiger partial charge on any atom is 0.445 e. The lowest BCUT2D eigenvalue weighted by atomic mass is 10.3. The second-order valence-corrected chi connectivity index (χ2v) is 2.92. The maximum absolute atomic E-state index is 12.6. The molecule has 0 spiro atoms. The highest BCUT2D eigenvalue weighted by Gasteiger charge is 2.38. The highest BCUT2D eigenvalue weighted by Crippen LogP contribution is 2.34. The first-order chi connectivity index (χ1) is 5.93. The Kier molecular flexibility index (Phi) is 2.70. The van der Waals surface area contributed by atoms with Crippen molar-refractivity contribution in [3.63, 3.8) is 0 Å². The highest BCUT2D eigenvalue weighted by atomic mass is 32.1. The minimum Gasteiger partial charge on any atom is -0.203 e. The van der Waals surface area contributed by atoms with Crippen LogP contribution in [0.5, 0.6) is 0 Å². The molecule has 1 rings (SSSR count). The molecule has 0 fully saturated rings. The van der Waals surface area contributed by atoms with E-state index in [9.17, 15) is 22.0 Å². The number of rotatable bonds is 1. The minimum absolute atomic E-state index is 0.389. The molecule has 0 aliphatic heterocycles. The molecule has 13 heavy (non-hydrogen) atoms. The second-order valence-electron chi connectivity index (χ2n) is 2.14. The summed E-state index contributed by atoms with van der Waals surface area (Å²) in [7, 11) is 0. The predicted octanol–water partition coefficient (Wildman–Crippen LogP) is 3.92. The molecule has 0 bridgehead atoms. The minimum atomic E-state index is -5.26. The topological polar surface area (TPSA) is 0 Å². The maximum atomic E-state index is 12.6. The average molecular weight is 214 g/mol. The van der Waals surface area contributed by atoms with E-state index in [0.717, 1.165) is 22.8 Å². The molecule has 1 aromatic heterocycles. The molecule has 1 aromatic rings. The van der Waals surface area contributed by atoms with Crippen molar-refractivity contribution in [3.05, 3.63) is 28.2 Å². The molecule has 0 aliphatic carbocycles. The Labute approximate surface area is 74.3 Å². The molecule has 0 N–H and O–H groups in total. The van der Waals surface area contributed by atoms with Crippen molar-refractivity contribution >= 4 is 17.2 Å². The first kappa shape index (κ1) is 10.2. The summed E-state index contributed by atoms with van der Waals surface area (Å²) < 4.78 is 59.8. The van der Waals surface area contributed by atoms with Crippen molar-refractivity contribution < 1.29 is 22.0 Å². The molecule has 6 heteroatoms. The van der Waals surface area contributed by atoms with Crippen molar-refractivity contribution in [3.8, 4) is 0 Å². The fourth-order valence-electron chi connectivity index (χ4n) is 0.641. The van der Waals surface area contributed by atoms with Crippen LogP contribution >= 0.6 is 11.3 Å². The molecule has 0 saturated heterocycles. The third-order valence-electron chi connectivity index (χ3n) is 1.22. The smallest absolute Gasteiger partial charge is 0.203 e. The number of hydrogen-bond acceptors (Lipinski definition) is 1. The Hall–Kier alpha value is -0.910. The molecular weight excluding hydrogens is 211 g/mol. The monoisotopic (exact) mass is 214 g/mol. The summed E-state index contributed by atoms with van der Waals surface area (Å²) in [5, 5.41) is 2.46. The van der Waals surface area contributed by atoms with Gasteiger partial charge in [-0.2, -0.15) is 28.9 Å². The van der Waals surface area contributed by atoms with Crippen molar-refractivity contribution in [1.82, 2.24) is 0 Å². The summed E-state index contributed by atoms with van der Waals surface area (Å²) in [6, 6.07) is 1.07. The van der Waals surface area contributed by atoms with Crippen molar-refractivity contribution in [2.75, 3.05) is 0 Å². The van der Waals surface area contributed by atoms with Crippen LogP contribution in [-0.2, 0) is 0 Å². The van der Waals surface area contributed by atoms with Gasteiger partial charge in [-0.25, -0.2) is 4.39 Å². The van der Waals surface area contributed by atoms with Crippen LogP contribution in [0.15, 0.2) is 22.7 Å². The van der Waals surface area contributed by atoms with E-state index in [1.807, 2.05) is 0 Å². The van der Waals surface area contributed by atoms with Crippen LogP contribution in [0.2, 0.25) is 0 Å². The fraction of sp³-hybridized carbons (Fsp3) is 0.143. The fourth-order valence-corrected chi connectivity index (χ4v) is 1.27. The van der Waals surface area contributed by atoms with E-state index in [4.69, 9.17) is 0 Å². The largest absolute Gasteiger partial charge is 0.445 e. The second kappa shape index (κ2) is 3.45. The van der Waals surface area contributed by atoms with Crippen molar-refractivity contribution in [2.45, 2.75) is 6.18 Å².